The van der Waals surface area contributed by atoms with Crippen molar-refractivity contribution in [3.63, 3.8) is 0 Å². The second kappa shape index (κ2) is 6.86. The van der Waals surface area contributed by atoms with Crippen LogP contribution in [0.1, 0.15) is 5.56 Å². The van der Waals surface area contributed by atoms with Crippen molar-refractivity contribution in [2.75, 3.05) is 0 Å². The molecule has 8 heteroatoms. The van der Waals surface area contributed by atoms with Gasteiger partial charge in [0, 0.05) is 23.7 Å². The largest absolute Gasteiger partial charge is 0.350 e. The van der Waals surface area contributed by atoms with Crippen LogP contribution in [0.2, 0.25) is 5.02 Å². The number of nitrogens with one attached hydrogen (secondary N) is 1. The van der Waals surface area contributed by atoms with E-state index in [0.717, 1.165) is 28.5 Å². The normalized spacial score (nSPS) is 10.2. The SMILES string of the molecule is O=C(Cn1cc([N+](=O)[O-])ccc1=O)NCc1cccc(Cl)c1. The fraction of sp³-hybridized carbons (Fsp3) is 0.143. The maximum Gasteiger partial charge on any atom is 0.285 e. The maximum atomic E-state index is 11.8. The van der Waals surface area contributed by atoms with Crippen molar-refractivity contribution in [1.29, 1.82) is 0 Å². The molecule has 7 nitrogen and oxygen atoms in total. The van der Waals surface area contributed by atoms with Crippen LogP contribution < -0.4 is 10.9 Å². The molecule has 1 heterocycles. The van der Waals surface area contributed by atoms with Gasteiger partial charge in [-0.25, -0.2) is 0 Å². The fourth-order valence-electron chi connectivity index (χ4n) is 1.81. The number of halogens is 1. The van der Waals surface area contributed by atoms with Crippen molar-refractivity contribution in [3.8, 4) is 0 Å². The molecule has 1 N–H and O–H groups in total. The van der Waals surface area contributed by atoms with Gasteiger partial charge in [-0.05, 0) is 17.7 Å². The second-order valence-corrected chi connectivity index (χ2v) is 4.95. The van der Waals surface area contributed by atoms with Crippen molar-refractivity contribution in [2.45, 2.75) is 13.1 Å². The summed E-state index contributed by atoms with van der Waals surface area (Å²) < 4.78 is 0.992. The number of nitrogens with zero attached hydrogens (tertiary/aromatic N) is 2. The minimum Gasteiger partial charge on any atom is -0.350 e. The number of nitro groups is 1. The minimum absolute atomic E-state index is 0.248. The van der Waals surface area contributed by atoms with Crippen molar-refractivity contribution >= 4 is 23.2 Å². The summed E-state index contributed by atoms with van der Waals surface area (Å²) in [7, 11) is 0. The Bertz CT molecular complexity index is 773. The van der Waals surface area contributed by atoms with E-state index in [1.807, 2.05) is 0 Å². The molecule has 0 aliphatic heterocycles. The van der Waals surface area contributed by atoms with Crippen LogP contribution in [0.3, 0.4) is 0 Å². The van der Waals surface area contributed by atoms with E-state index >= 15 is 0 Å². The fourth-order valence-corrected chi connectivity index (χ4v) is 2.02. The third-order valence-electron chi connectivity index (χ3n) is 2.87. The molecule has 0 atom stereocenters. The van der Waals surface area contributed by atoms with E-state index in [0.29, 0.717) is 5.02 Å². The average molecular weight is 322 g/mol. The topological polar surface area (TPSA) is 94.2 Å². The number of aromatic nitrogens is 1. The highest BCUT2D eigenvalue weighted by molar-refractivity contribution is 6.30. The van der Waals surface area contributed by atoms with Crippen LogP contribution in [-0.2, 0) is 17.9 Å². The number of carbonyl (C=O) groups is 1. The van der Waals surface area contributed by atoms with E-state index in [4.69, 9.17) is 11.6 Å². The highest BCUT2D eigenvalue weighted by Crippen LogP contribution is 2.10. The molecule has 1 aromatic carbocycles. The first kappa shape index (κ1) is 15.7. The van der Waals surface area contributed by atoms with Gasteiger partial charge in [0.2, 0.25) is 5.91 Å². The van der Waals surface area contributed by atoms with Crippen LogP contribution >= 0.6 is 11.6 Å². The molecule has 0 unspecified atom stereocenters. The number of amides is 1. The highest BCUT2D eigenvalue weighted by atomic mass is 35.5. The summed E-state index contributed by atoms with van der Waals surface area (Å²) in [5, 5.41) is 13.9. The molecular formula is C14H12ClN3O4. The number of pyridine rings is 1. The lowest BCUT2D eigenvalue weighted by atomic mass is 10.2. The smallest absolute Gasteiger partial charge is 0.285 e. The zero-order valence-electron chi connectivity index (χ0n) is 11.4. The van der Waals surface area contributed by atoms with E-state index in [1.165, 1.54) is 0 Å². The van der Waals surface area contributed by atoms with Crippen LogP contribution in [-0.4, -0.2) is 15.4 Å². The average Bonchev–Trinajstić information content (AvgIpc) is 2.47. The highest BCUT2D eigenvalue weighted by Gasteiger charge is 2.10. The summed E-state index contributed by atoms with van der Waals surface area (Å²) in [5.74, 6) is -0.428. The Kier molecular flexibility index (Phi) is 4.90. The summed E-state index contributed by atoms with van der Waals surface area (Å²) in [6.45, 7) is -0.0375. The number of hydrogen-bond acceptors (Lipinski definition) is 4. The molecule has 0 saturated carbocycles. The molecule has 0 saturated heterocycles. The van der Waals surface area contributed by atoms with E-state index < -0.39 is 16.4 Å². The number of hydrogen-bond donors (Lipinski definition) is 1. The zero-order chi connectivity index (χ0) is 16.1. The first-order chi connectivity index (χ1) is 10.5. The van der Waals surface area contributed by atoms with E-state index in [2.05, 4.69) is 5.32 Å². The van der Waals surface area contributed by atoms with Crippen LogP contribution in [0.5, 0.6) is 0 Å². The maximum absolute atomic E-state index is 11.8. The standard InChI is InChI=1S/C14H12ClN3O4/c15-11-3-1-2-10(6-11)7-16-13(19)9-17-8-12(18(21)22)4-5-14(17)20/h1-6,8H,7,9H2,(H,16,19). The van der Waals surface area contributed by atoms with Gasteiger partial charge in [-0.15, -0.1) is 0 Å². The van der Waals surface area contributed by atoms with Gasteiger partial charge in [-0.3, -0.25) is 24.3 Å². The molecule has 2 rings (SSSR count). The van der Waals surface area contributed by atoms with E-state index in [1.54, 1.807) is 24.3 Å². The molecule has 22 heavy (non-hydrogen) atoms. The van der Waals surface area contributed by atoms with Gasteiger partial charge in [0.05, 0.1) is 11.1 Å². The Labute approximate surface area is 130 Å². The molecule has 0 bridgehead atoms. The first-order valence-electron chi connectivity index (χ1n) is 6.32. The Morgan fingerprint density at radius 2 is 2.09 bits per heavy atom. The molecule has 2 aromatic rings. The van der Waals surface area contributed by atoms with Crippen molar-refractivity contribution in [2.24, 2.45) is 0 Å². The van der Waals surface area contributed by atoms with Crippen LogP contribution in [0.25, 0.3) is 0 Å². The molecule has 0 aliphatic rings. The molecule has 0 radical (unpaired) electrons. The molecule has 1 aromatic heterocycles. The first-order valence-corrected chi connectivity index (χ1v) is 6.69. The zero-order valence-corrected chi connectivity index (χ0v) is 12.1. The van der Waals surface area contributed by atoms with E-state index in [-0.39, 0.29) is 18.8 Å². The summed E-state index contributed by atoms with van der Waals surface area (Å²) >= 11 is 5.84. The molecule has 0 fully saturated rings. The quantitative estimate of drug-likeness (QED) is 0.670. The lowest BCUT2D eigenvalue weighted by Gasteiger charge is -2.07. The number of rotatable bonds is 5. The predicted octanol–water partition coefficient (Wildman–Crippen LogP) is 1.73. The molecule has 1 amide bonds. The number of carbonyl (C=O) groups excluding carboxylic acids is 1. The lowest BCUT2D eigenvalue weighted by molar-refractivity contribution is -0.385. The van der Waals surface area contributed by atoms with Crippen LogP contribution in [0, 0.1) is 10.1 Å². The summed E-state index contributed by atoms with van der Waals surface area (Å²) in [5.41, 5.74) is 0.0815. The van der Waals surface area contributed by atoms with Gasteiger partial charge >= 0.3 is 0 Å². The van der Waals surface area contributed by atoms with Crippen molar-refractivity contribution in [3.05, 3.63) is 73.6 Å². The number of benzene rings is 1. The Hall–Kier alpha value is -2.67. The molecule has 114 valence electrons. The predicted molar refractivity (Wildman–Crippen MR) is 80.7 cm³/mol. The minimum atomic E-state index is -0.625. The summed E-state index contributed by atoms with van der Waals surface area (Å²) in [4.78, 5) is 33.5. The monoisotopic (exact) mass is 321 g/mol. The Morgan fingerprint density at radius 1 is 1.32 bits per heavy atom. The van der Waals surface area contributed by atoms with Crippen molar-refractivity contribution in [1.82, 2.24) is 9.88 Å². The van der Waals surface area contributed by atoms with Crippen LogP contribution in [0.4, 0.5) is 5.69 Å². The molecule has 0 spiro atoms. The Morgan fingerprint density at radius 3 is 2.77 bits per heavy atom. The molecular weight excluding hydrogens is 310 g/mol. The molecule has 0 aliphatic carbocycles. The lowest BCUT2D eigenvalue weighted by Crippen LogP contribution is -2.31. The second-order valence-electron chi connectivity index (χ2n) is 4.52. The third kappa shape index (κ3) is 4.16. The van der Waals surface area contributed by atoms with Crippen molar-refractivity contribution < 1.29 is 9.72 Å². The Balaban J connectivity index is 2.01. The van der Waals surface area contributed by atoms with E-state index in [9.17, 15) is 19.7 Å². The van der Waals surface area contributed by atoms with Gasteiger partial charge in [-0.1, -0.05) is 23.7 Å². The summed E-state index contributed by atoms with van der Waals surface area (Å²) in [6.07, 6.45) is 1.04. The van der Waals surface area contributed by atoms with Gasteiger partial charge in [0.25, 0.3) is 11.2 Å². The van der Waals surface area contributed by atoms with Gasteiger partial charge in [-0.2, -0.15) is 0 Å². The van der Waals surface area contributed by atoms with Gasteiger partial charge in [0.1, 0.15) is 6.54 Å². The van der Waals surface area contributed by atoms with Gasteiger partial charge in [0.15, 0.2) is 0 Å². The summed E-state index contributed by atoms with van der Waals surface area (Å²) in [6, 6.07) is 9.14. The van der Waals surface area contributed by atoms with Gasteiger partial charge < -0.3 is 5.32 Å². The third-order valence-corrected chi connectivity index (χ3v) is 3.11. The van der Waals surface area contributed by atoms with Crippen LogP contribution in [0.15, 0.2) is 47.4 Å².